The Hall–Kier alpha value is -1.22. The Kier molecular flexibility index (Phi) is 5.30. The van der Waals surface area contributed by atoms with Crippen LogP contribution in [0.25, 0.3) is 0 Å². The molecule has 1 aromatic rings. The largest absolute Gasteiger partial charge is 0.504 e. The van der Waals surface area contributed by atoms with E-state index in [1.54, 1.807) is 12.1 Å². The van der Waals surface area contributed by atoms with Gasteiger partial charge in [-0.05, 0) is 55.0 Å². The fraction of sp³-hybridized carbons (Fsp3) is 0.647. The van der Waals surface area contributed by atoms with Crippen molar-refractivity contribution in [3.8, 4) is 11.5 Å². The van der Waals surface area contributed by atoms with Crippen molar-refractivity contribution in [2.45, 2.75) is 58.4 Å². The number of benzene rings is 1. The first-order chi connectivity index (χ1) is 9.67. The molecular formula is C17H27NO2. The number of fused-ring (bicyclic) bond motifs is 1. The van der Waals surface area contributed by atoms with Crippen molar-refractivity contribution in [1.29, 1.82) is 0 Å². The molecule has 0 radical (unpaired) electrons. The lowest BCUT2D eigenvalue weighted by atomic mass is 9.81. The molecule has 3 N–H and O–H groups in total. The van der Waals surface area contributed by atoms with E-state index in [2.05, 4.69) is 19.2 Å². The fourth-order valence-corrected chi connectivity index (χ4v) is 3.35. The van der Waals surface area contributed by atoms with E-state index in [9.17, 15) is 10.2 Å². The van der Waals surface area contributed by atoms with E-state index in [0.717, 1.165) is 13.0 Å². The summed E-state index contributed by atoms with van der Waals surface area (Å²) in [6.45, 7) is 5.42. The zero-order valence-corrected chi connectivity index (χ0v) is 12.7. The van der Waals surface area contributed by atoms with Gasteiger partial charge in [-0.15, -0.1) is 0 Å². The zero-order chi connectivity index (χ0) is 14.5. The summed E-state index contributed by atoms with van der Waals surface area (Å²) in [6, 6.07) is 3.81. The molecule has 1 aliphatic heterocycles. The average Bonchev–Trinajstić information content (AvgIpc) is 2.44. The molecular weight excluding hydrogens is 250 g/mol. The summed E-state index contributed by atoms with van der Waals surface area (Å²) in [5.74, 6) is 0.621. The highest BCUT2D eigenvalue weighted by Crippen LogP contribution is 2.39. The third-order valence-electron chi connectivity index (χ3n) is 4.39. The highest BCUT2D eigenvalue weighted by atomic mass is 16.3. The fourth-order valence-electron chi connectivity index (χ4n) is 3.35. The van der Waals surface area contributed by atoms with Crippen molar-refractivity contribution in [3.63, 3.8) is 0 Å². The van der Waals surface area contributed by atoms with Crippen molar-refractivity contribution in [2.75, 3.05) is 6.54 Å². The molecule has 1 heterocycles. The number of aromatic hydroxyl groups is 2. The molecule has 0 amide bonds. The maximum atomic E-state index is 9.80. The molecule has 0 spiro atoms. The molecule has 2 unspecified atom stereocenters. The SMILES string of the molecule is CCCCC(CCC)C1NCCc2cc(O)c(O)cc21. The Morgan fingerprint density at radius 2 is 1.90 bits per heavy atom. The van der Waals surface area contributed by atoms with Crippen LogP contribution in [0.4, 0.5) is 0 Å². The molecule has 1 aliphatic rings. The number of unbranched alkanes of at least 4 members (excludes halogenated alkanes) is 1. The van der Waals surface area contributed by atoms with Crippen LogP contribution >= 0.6 is 0 Å². The van der Waals surface area contributed by atoms with Crippen LogP contribution in [0.15, 0.2) is 12.1 Å². The molecule has 112 valence electrons. The lowest BCUT2D eigenvalue weighted by Gasteiger charge is -2.34. The molecule has 0 aliphatic carbocycles. The normalized spacial score (nSPS) is 19.6. The summed E-state index contributed by atoms with van der Waals surface area (Å²) < 4.78 is 0. The molecule has 1 aromatic carbocycles. The van der Waals surface area contributed by atoms with Crippen LogP contribution in [0.3, 0.4) is 0 Å². The third kappa shape index (κ3) is 3.26. The molecule has 20 heavy (non-hydrogen) atoms. The number of phenols is 2. The van der Waals surface area contributed by atoms with Crippen LogP contribution < -0.4 is 5.32 Å². The minimum Gasteiger partial charge on any atom is -0.504 e. The van der Waals surface area contributed by atoms with Gasteiger partial charge in [-0.25, -0.2) is 0 Å². The van der Waals surface area contributed by atoms with Gasteiger partial charge in [-0.2, -0.15) is 0 Å². The number of hydrogen-bond donors (Lipinski definition) is 3. The molecule has 3 nitrogen and oxygen atoms in total. The van der Waals surface area contributed by atoms with Crippen molar-refractivity contribution in [1.82, 2.24) is 5.32 Å². The van der Waals surface area contributed by atoms with Gasteiger partial charge in [0.15, 0.2) is 11.5 Å². The number of rotatable bonds is 6. The van der Waals surface area contributed by atoms with Crippen LogP contribution in [-0.2, 0) is 6.42 Å². The summed E-state index contributed by atoms with van der Waals surface area (Å²) >= 11 is 0. The van der Waals surface area contributed by atoms with E-state index >= 15 is 0 Å². The van der Waals surface area contributed by atoms with E-state index in [4.69, 9.17) is 0 Å². The molecule has 0 saturated carbocycles. The number of nitrogens with one attached hydrogen (secondary N) is 1. The highest BCUT2D eigenvalue weighted by molar-refractivity contribution is 5.47. The van der Waals surface area contributed by atoms with Crippen LogP contribution in [-0.4, -0.2) is 16.8 Å². The van der Waals surface area contributed by atoms with Gasteiger partial charge in [-0.1, -0.05) is 33.1 Å². The Labute approximate surface area is 122 Å². The molecule has 2 rings (SSSR count). The molecule has 0 saturated heterocycles. The number of hydrogen-bond acceptors (Lipinski definition) is 3. The predicted molar refractivity (Wildman–Crippen MR) is 82.1 cm³/mol. The van der Waals surface area contributed by atoms with Gasteiger partial charge >= 0.3 is 0 Å². The maximum absolute atomic E-state index is 9.80. The number of phenolic OH excluding ortho intramolecular Hbond substituents is 2. The van der Waals surface area contributed by atoms with Crippen LogP contribution in [0.1, 0.15) is 63.1 Å². The van der Waals surface area contributed by atoms with Gasteiger partial charge < -0.3 is 15.5 Å². The minimum absolute atomic E-state index is 0.00295. The maximum Gasteiger partial charge on any atom is 0.157 e. The van der Waals surface area contributed by atoms with E-state index in [0.29, 0.717) is 12.0 Å². The Balaban J connectivity index is 2.26. The Morgan fingerprint density at radius 3 is 2.60 bits per heavy atom. The van der Waals surface area contributed by atoms with Crippen LogP contribution in [0.2, 0.25) is 0 Å². The first kappa shape index (κ1) is 15.2. The first-order valence-corrected chi connectivity index (χ1v) is 7.95. The summed E-state index contributed by atoms with van der Waals surface area (Å²) in [7, 11) is 0. The third-order valence-corrected chi connectivity index (χ3v) is 4.39. The molecule has 2 atom stereocenters. The van der Waals surface area contributed by atoms with Crippen molar-refractivity contribution in [2.24, 2.45) is 5.92 Å². The standard InChI is InChI=1S/C17H27NO2/c1-3-5-7-12(6-4-2)17-14-11-16(20)15(19)10-13(14)8-9-18-17/h10-12,17-20H,3-9H2,1-2H3. The quantitative estimate of drug-likeness (QED) is 0.691. The smallest absolute Gasteiger partial charge is 0.157 e. The van der Waals surface area contributed by atoms with Crippen molar-refractivity contribution < 1.29 is 10.2 Å². The second kappa shape index (κ2) is 6.98. The molecule has 0 aromatic heterocycles. The predicted octanol–water partition coefficient (Wildman–Crippen LogP) is 3.89. The van der Waals surface area contributed by atoms with Gasteiger partial charge in [0.05, 0.1) is 0 Å². The van der Waals surface area contributed by atoms with Gasteiger partial charge in [0.25, 0.3) is 0 Å². The second-order valence-corrected chi connectivity index (χ2v) is 5.91. The van der Waals surface area contributed by atoms with Crippen molar-refractivity contribution >= 4 is 0 Å². The minimum atomic E-state index is 0.00295. The molecule has 3 heteroatoms. The Bertz CT molecular complexity index is 445. The summed E-state index contributed by atoms with van der Waals surface area (Å²) in [5, 5.41) is 23.1. The monoisotopic (exact) mass is 277 g/mol. The van der Waals surface area contributed by atoms with Crippen molar-refractivity contribution in [3.05, 3.63) is 23.3 Å². The summed E-state index contributed by atoms with van der Waals surface area (Å²) in [4.78, 5) is 0. The van der Waals surface area contributed by atoms with Gasteiger partial charge in [-0.3, -0.25) is 0 Å². The first-order valence-electron chi connectivity index (χ1n) is 7.95. The lowest BCUT2D eigenvalue weighted by Crippen LogP contribution is -2.34. The van der Waals surface area contributed by atoms with E-state index in [-0.39, 0.29) is 11.5 Å². The van der Waals surface area contributed by atoms with E-state index in [1.165, 1.54) is 43.2 Å². The lowest BCUT2D eigenvalue weighted by molar-refractivity contribution is 0.300. The topological polar surface area (TPSA) is 52.5 Å². The second-order valence-electron chi connectivity index (χ2n) is 5.91. The highest BCUT2D eigenvalue weighted by Gasteiger charge is 2.27. The zero-order valence-electron chi connectivity index (χ0n) is 12.7. The van der Waals surface area contributed by atoms with E-state index < -0.39 is 0 Å². The summed E-state index contributed by atoms with van der Waals surface area (Å²) in [6.07, 6.45) is 7.02. The molecule has 0 fully saturated rings. The van der Waals surface area contributed by atoms with Gasteiger partial charge in [0.1, 0.15) is 0 Å². The van der Waals surface area contributed by atoms with Crippen LogP contribution in [0.5, 0.6) is 11.5 Å². The van der Waals surface area contributed by atoms with Crippen LogP contribution in [0, 0.1) is 5.92 Å². The average molecular weight is 277 g/mol. The summed E-state index contributed by atoms with van der Waals surface area (Å²) in [5.41, 5.74) is 2.36. The van der Waals surface area contributed by atoms with Gasteiger partial charge in [0.2, 0.25) is 0 Å². The van der Waals surface area contributed by atoms with Gasteiger partial charge in [0, 0.05) is 6.04 Å². The molecule has 0 bridgehead atoms. The Morgan fingerprint density at radius 1 is 1.15 bits per heavy atom. The van der Waals surface area contributed by atoms with E-state index in [1.807, 2.05) is 0 Å².